The van der Waals surface area contributed by atoms with Crippen molar-refractivity contribution in [2.45, 2.75) is 65.3 Å². The van der Waals surface area contributed by atoms with Gasteiger partial charge in [0, 0.05) is 32.2 Å². The molecule has 2 heterocycles. The molecule has 2 amide bonds. The smallest absolute Gasteiger partial charge is 0.315 e. The first-order valence-electron chi connectivity index (χ1n) is 10.5. The maximum Gasteiger partial charge on any atom is 0.315 e. The summed E-state index contributed by atoms with van der Waals surface area (Å²) in [5.74, 6) is 1.66. The van der Waals surface area contributed by atoms with E-state index in [0.717, 1.165) is 31.3 Å². The summed E-state index contributed by atoms with van der Waals surface area (Å²) in [4.78, 5) is 17.1. The molecule has 3 atom stereocenters. The van der Waals surface area contributed by atoms with E-state index in [1.54, 1.807) is 0 Å². The fraction of sp³-hybridized carbons (Fsp3) is 0.950. The molecule has 0 aromatic carbocycles. The number of hydrogen-bond acceptors (Lipinski definition) is 3. The number of hydrogen-bond donors (Lipinski definition) is 2. The maximum absolute atomic E-state index is 12.0. The molecule has 2 aliphatic heterocycles. The number of unbranched alkanes of at least 4 members (excludes halogenated alkanes) is 1. The second-order valence-electron chi connectivity index (χ2n) is 8.58. The zero-order chi connectivity index (χ0) is 18.1. The Hall–Kier alpha value is -0.810. The molecule has 2 saturated heterocycles. The number of nitrogens with one attached hydrogen (secondary N) is 2. The topological polar surface area (TPSA) is 47.6 Å². The minimum absolute atomic E-state index is 0.00951. The number of likely N-dealkylation sites (tertiary alicyclic amines) is 2. The second kappa shape index (κ2) is 11.0. The first kappa shape index (κ1) is 20.5. The van der Waals surface area contributed by atoms with Crippen LogP contribution in [0.25, 0.3) is 0 Å². The summed E-state index contributed by atoms with van der Waals surface area (Å²) in [5, 5.41) is 6.10. The van der Waals surface area contributed by atoms with E-state index in [1.807, 2.05) is 0 Å². The average Bonchev–Trinajstić information content (AvgIpc) is 2.54. The summed E-state index contributed by atoms with van der Waals surface area (Å²) < 4.78 is 0. The van der Waals surface area contributed by atoms with Crippen molar-refractivity contribution in [3.63, 3.8) is 0 Å². The van der Waals surface area contributed by atoms with Gasteiger partial charge < -0.3 is 20.4 Å². The summed E-state index contributed by atoms with van der Waals surface area (Å²) in [7, 11) is 0. The third-order valence-electron chi connectivity index (χ3n) is 5.49. The van der Waals surface area contributed by atoms with E-state index in [9.17, 15) is 4.79 Å². The molecule has 0 aliphatic carbocycles. The molecule has 2 rings (SSSR count). The van der Waals surface area contributed by atoms with E-state index >= 15 is 0 Å². The fourth-order valence-electron chi connectivity index (χ4n) is 4.49. The second-order valence-corrected chi connectivity index (χ2v) is 8.58. The van der Waals surface area contributed by atoms with Crippen molar-refractivity contribution in [1.29, 1.82) is 0 Å². The molecule has 0 spiro atoms. The van der Waals surface area contributed by atoms with Crippen LogP contribution in [0.1, 0.15) is 59.3 Å². The highest BCUT2D eigenvalue weighted by Crippen LogP contribution is 2.20. The molecule has 5 heteroatoms. The first-order valence-corrected chi connectivity index (χ1v) is 10.5. The van der Waals surface area contributed by atoms with Crippen molar-refractivity contribution in [2.75, 3.05) is 45.8 Å². The van der Waals surface area contributed by atoms with E-state index in [1.165, 1.54) is 64.8 Å². The molecular weight excluding hydrogens is 312 g/mol. The van der Waals surface area contributed by atoms with Crippen LogP contribution >= 0.6 is 0 Å². The summed E-state index contributed by atoms with van der Waals surface area (Å²) in [6, 6.07) is 0.208. The number of carbonyl (C=O) groups is 1. The first-order chi connectivity index (χ1) is 12.0. The Labute approximate surface area is 154 Å². The van der Waals surface area contributed by atoms with E-state index < -0.39 is 0 Å². The number of urea groups is 1. The lowest BCUT2D eigenvalue weighted by atomic mass is 9.92. The molecule has 5 nitrogen and oxygen atoms in total. The number of amides is 2. The zero-order valence-electron chi connectivity index (χ0n) is 16.7. The fourth-order valence-corrected chi connectivity index (χ4v) is 4.49. The zero-order valence-corrected chi connectivity index (χ0v) is 16.7. The molecule has 146 valence electrons. The molecule has 0 aromatic heterocycles. The normalized spacial score (nSPS) is 27.0. The van der Waals surface area contributed by atoms with E-state index in [4.69, 9.17) is 0 Å². The highest BCUT2D eigenvalue weighted by atomic mass is 16.2. The van der Waals surface area contributed by atoms with Crippen LogP contribution in [0, 0.1) is 11.8 Å². The van der Waals surface area contributed by atoms with Crippen molar-refractivity contribution >= 4 is 6.03 Å². The maximum atomic E-state index is 12.0. The summed E-state index contributed by atoms with van der Waals surface area (Å²) in [6.45, 7) is 14.6. The summed E-state index contributed by atoms with van der Waals surface area (Å²) >= 11 is 0. The third kappa shape index (κ3) is 8.41. The molecular formula is C20H40N4O. The van der Waals surface area contributed by atoms with Crippen molar-refractivity contribution in [3.05, 3.63) is 0 Å². The van der Waals surface area contributed by atoms with Crippen LogP contribution in [0.5, 0.6) is 0 Å². The van der Waals surface area contributed by atoms with Gasteiger partial charge >= 0.3 is 6.03 Å². The Kier molecular flexibility index (Phi) is 9.04. The van der Waals surface area contributed by atoms with Gasteiger partial charge in [0.25, 0.3) is 0 Å². The van der Waals surface area contributed by atoms with Gasteiger partial charge in [-0.3, -0.25) is 0 Å². The van der Waals surface area contributed by atoms with Gasteiger partial charge in [-0.1, -0.05) is 20.3 Å². The van der Waals surface area contributed by atoms with Crippen molar-refractivity contribution in [2.24, 2.45) is 11.8 Å². The highest BCUT2D eigenvalue weighted by Gasteiger charge is 2.21. The van der Waals surface area contributed by atoms with Crippen LogP contribution < -0.4 is 10.6 Å². The van der Waals surface area contributed by atoms with E-state index in [-0.39, 0.29) is 12.1 Å². The van der Waals surface area contributed by atoms with Crippen molar-refractivity contribution < 1.29 is 4.79 Å². The van der Waals surface area contributed by atoms with Gasteiger partial charge in [0.15, 0.2) is 0 Å². The van der Waals surface area contributed by atoms with Crippen LogP contribution in [0.3, 0.4) is 0 Å². The van der Waals surface area contributed by atoms with E-state index in [2.05, 4.69) is 41.2 Å². The Bertz CT molecular complexity index is 374. The quantitative estimate of drug-likeness (QED) is 0.660. The minimum Gasteiger partial charge on any atom is -0.338 e. The Morgan fingerprint density at radius 1 is 1.04 bits per heavy atom. The van der Waals surface area contributed by atoms with Crippen LogP contribution in [-0.4, -0.2) is 67.7 Å². The van der Waals surface area contributed by atoms with Gasteiger partial charge in [-0.15, -0.1) is 0 Å². The van der Waals surface area contributed by atoms with Crippen LogP contribution in [0.15, 0.2) is 0 Å². The average molecular weight is 353 g/mol. The Balaban J connectivity index is 1.49. The minimum atomic E-state index is -0.00951. The molecule has 0 aromatic rings. The van der Waals surface area contributed by atoms with Gasteiger partial charge in [0.05, 0.1) is 0 Å². The van der Waals surface area contributed by atoms with Gasteiger partial charge in [-0.25, -0.2) is 4.79 Å². The highest BCUT2D eigenvalue weighted by molar-refractivity contribution is 5.74. The predicted molar refractivity (Wildman–Crippen MR) is 105 cm³/mol. The van der Waals surface area contributed by atoms with Crippen LogP contribution in [0.4, 0.5) is 4.79 Å². The van der Waals surface area contributed by atoms with Gasteiger partial charge in [0.1, 0.15) is 0 Å². The summed E-state index contributed by atoms with van der Waals surface area (Å²) in [6.07, 6.45) is 7.55. The number of carbonyl (C=O) groups excluding carboxylic acids is 1. The molecule has 2 fully saturated rings. The van der Waals surface area contributed by atoms with Gasteiger partial charge in [-0.2, -0.15) is 0 Å². The third-order valence-corrected chi connectivity index (χ3v) is 5.49. The standard InChI is InChI=1S/C20H40N4O/c1-17-13-18(2)15-24(14-17)12-8-5-9-21-20(25)22-19(3)16-23-10-6-4-7-11-23/h17-19H,4-16H2,1-3H3,(H2,21,22,25). The van der Waals surface area contributed by atoms with Crippen LogP contribution in [-0.2, 0) is 0 Å². The number of nitrogens with zero attached hydrogens (tertiary/aromatic N) is 2. The lowest BCUT2D eigenvalue weighted by Gasteiger charge is -2.34. The van der Waals surface area contributed by atoms with Crippen LogP contribution in [0.2, 0.25) is 0 Å². The Morgan fingerprint density at radius 2 is 1.72 bits per heavy atom. The molecule has 3 unspecified atom stereocenters. The lowest BCUT2D eigenvalue weighted by molar-refractivity contribution is 0.139. The lowest BCUT2D eigenvalue weighted by Crippen LogP contribution is -2.47. The molecule has 2 aliphatic rings. The molecule has 2 N–H and O–H groups in total. The molecule has 25 heavy (non-hydrogen) atoms. The van der Waals surface area contributed by atoms with E-state index in [0.29, 0.717) is 0 Å². The molecule has 0 saturated carbocycles. The number of rotatable bonds is 8. The van der Waals surface area contributed by atoms with Crippen molar-refractivity contribution in [1.82, 2.24) is 20.4 Å². The number of piperidine rings is 2. The van der Waals surface area contributed by atoms with Crippen molar-refractivity contribution in [3.8, 4) is 0 Å². The van der Waals surface area contributed by atoms with Gasteiger partial charge in [0.2, 0.25) is 0 Å². The Morgan fingerprint density at radius 3 is 2.40 bits per heavy atom. The van der Waals surface area contributed by atoms with Gasteiger partial charge in [-0.05, 0) is 70.5 Å². The summed E-state index contributed by atoms with van der Waals surface area (Å²) in [5.41, 5.74) is 0. The molecule has 0 bridgehead atoms. The largest absolute Gasteiger partial charge is 0.338 e. The predicted octanol–water partition coefficient (Wildman–Crippen LogP) is 2.92. The molecule has 0 radical (unpaired) electrons. The monoisotopic (exact) mass is 352 g/mol. The SMILES string of the molecule is CC1CC(C)CN(CCCCNC(=O)NC(C)CN2CCCCC2)C1.